The van der Waals surface area contributed by atoms with Crippen LogP contribution in [0.25, 0.3) is 22.3 Å². The van der Waals surface area contributed by atoms with Crippen LogP contribution in [0, 0.1) is 19.7 Å². The Kier molecular flexibility index (Phi) is 3.68. The van der Waals surface area contributed by atoms with Crippen molar-refractivity contribution in [2.45, 2.75) is 45.9 Å². The number of aryl methyl sites for hydroxylation is 2. The van der Waals surface area contributed by atoms with Crippen LogP contribution >= 0.6 is 0 Å². The molecule has 0 saturated heterocycles. The van der Waals surface area contributed by atoms with E-state index >= 15 is 0 Å². The number of pyridine rings is 2. The maximum absolute atomic E-state index is 14.1. The molecule has 0 amide bonds. The molecule has 0 radical (unpaired) electrons. The molecule has 2 aromatic heterocycles. The van der Waals surface area contributed by atoms with Crippen LogP contribution in [0.4, 0.5) is 4.39 Å². The highest BCUT2D eigenvalue weighted by Gasteiger charge is 2.45. The van der Waals surface area contributed by atoms with Crippen molar-refractivity contribution < 1.29 is 24.1 Å². The van der Waals surface area contributed by atoms with Gasteiger partial charge in [0.2, 0.25) is 0 Å². The molecule has 3 aromatic rings. The number of fused-ring (bicyclic) bond motifs is 5. The summed E-state index contributed by atoms with van der Waals surface area (Å²) in [6.07, 6.45) is 0.0580. The number of aromatic nitrogens is 2. The second-order valence-corrected chi connectivity index (χ2v) is 7.89. The Labute approximate surface area is 170 Å². The Bertz CT molecular complexity index is 1360. The number of halogens is 1. The SMILES string of the molecule is CC[C@@]1(O)C(=O)OCc2c1cc1n(c2=O)Cc2c-1nc1cc(F)c(O)c(C)c1c2C. The zero-order chi connectivity index (χ0) is 21.5. The van der Waals surface area contributed by atoms with E-state index in [-0.39, 0.29) is 36.3 Å². The zero-order valence-electron chi connectivity index (χ0n) is 16.7. The van der Waals surface area contributed by atoms with E-state index in [2.05, 4.69) is 4.98 Å². The fourth-order valence-corrected chi connectivity index (χ4v) is 4.64. The van der Waals surface area contributed by atoms with Crippen LogP contribution in [0.15, 0.2) is 16.9 Å². The molecular formula is C22H19FN2O5. The largest absolute Gasteiger partial charge is 0.505 e. The maximum Gasteiger partial charge on any atom is 0.343 e. The molecule has 4 heterocycles. The normalized spacial score (nSPS) is 19.4. The van der Waals surface area contributed by atoms with Crippen LogP contribution in [-0.2, 0) is 28.3 Å². The first-order valence-corrected chi connectivity index (χ1v) is 9.67. The number of cyclic esters (lactones) is 1. The third kappa shape index (κ3) is 2.14. The van der Waals surface area contributed by atoms with E-state index in [0.717, 1.165) is 11.1 Å². The number of aromatic hydroxyl groups is 1. The van der Waals surface area contributed by atoms with E-state index in [1.807, 2.05) is 6.92 Å². The van der Waals surface area contributed by atoms with Crippen LogP contribution in [0.1, 0.15) is 41.2 Å². The predicted octanol–water partition coefficient (Wildman–Crippen LogP) is 2.54. The molecule has 0 bridgehead atoms. The molecule has 1 atom stereocenters. The highest BCUT2D eigenvalue weighted by atomic mass is 19.1. The van der Waals surface area contributed by atoms with Crippen molar-refractivity contribution in [1.82, 2.24) is 9.55 Å². The molecule has 30 heavy (non-hydrogen) atoms. The van der Waals surface area contributed by atoms with Crippen molar-refractivity contribution in [2.24, 2.45) is 0 Å². The lowest BCUT2D eigenvalue weighted by molar-refractivity contribution is -0.172. The average molecular weight is 410 g/mol. The topological polar surface area (TPSA) is 102 Å². The summed E-state index contributed by atoms with van der Waals surface area (Å²) in [5, 5.41) is 21.6. The minimum atomic E-state index is -1.90. The number of nitrogens with zero attached hydrogens (tertiary/aromatic N) is 2. The van der Waals surface area contributed by atoms with Gasteiger partial charge in [0.1, 0.15) is 6.61 Å². The molecule has 0 aliphatic carbocycles. The van der Waals surface area contributed by atoms with Crippen molar-refractivity contribution in [2.75, 3.05) is 0 Å². The van der Waals surface area contributed by atoms with Crippen molar-refractivity contribution in [1.29, 1.82) is 0 Å². The summed E-state index contributed by atoms with van der Waals surface area (Å²) in [7, 11) is 0. The number of aliphatic hydroxyl groups is 1. The Morgan fingerprint density at radius 2 is 1.97 bits per heavy atom. The quantitative estimate of drug-likeness (QED) is 0.468. The summed E-state index contributed by atoms with van der Waals surface area (Å²) in [6.45, 7) is 5.17. The number of ether oxygens (including phenoxy) is 1. The molecule has 0 fully saturated rings. The Hall–Kier alpha value is -3.26. The van der Waals surface area contributed by atoms with Gasteiger partial charge in [-0.05, 0) is 31.9 Å². The third-order valence-corrected chi connectivity index (χ3v) is 6.42. The van der Waals surface area contributed by atoms with Crippen LogP contribution in [0.5, 0.6) is 5.75 Å². The second-order valence-electron chi connectivity index (χ2n) is 7.89. The van der Waals surface area contributed by atoms with Gasteiger partial charge in [-0.1, -0.05) is 6.92 Å². The van der Waals surface area contributed by atoms with E-state index in [4.69, 9.17) is 4.74 Å². The first-order valence-electron chi connectivity index (χ1n) is 9.67. The van der Waals surface area contributed by atoms with Crippen LogP contribution in [0.2, 0.25) is 0 Å². The highest BCUT2D eigenvalue weighted by molar-refractivity contribution is 5.92. The number of benzene rings is 1. The van der Waals surface area contributed by atoms with Gasteiger partial charge >= 0.3 is 5.97 Å². The standard InChI is InChI=1S/C22H19FN2O5/c1-4-22(29)13-5-16-18-11(7-25(16)20(27)12(13)8-30-21(22)28)9(2)17-10(3)19(26)14(23)6-15(17)24-18/h5-6,26,29H,4,7-8H2,1-3H3/t22-/m0/s1. The number of rotatable bonds is 1. The number of carbonyl (C=O) groups excluding carboxylic acids is 1. The number of phenolic OH excluding ortho intramolecular Hbond substituents is 1. The first-order chi connectivity index (χ1) is 14.2. The minimum absolute atomic E-state index is 0.0580. The Morgan fingerprint density at radius 1 is 1.23 bits per heavy atom. The van der Waals surface area contributed by atoms with Crippen molar-refractivity contribution in [3.8, 4) is 17.1 Å². The summed E-state index contributed by atoms with van der Waals surface area (Å²) < 4.78 is 20.7. The summed E-state index contributed by atoms with van der Waals surface area (Å²) in [6, 6.07) is 2.79. The van der Waals surface area contributed by atoms with Gasteiger partial charge in [-0.15, -0.1) is 0 Å². The fraction of sp³-hybridized carbons (Fsp3) is 0.318. The molecule has 5 rings (SSSR count). The molecule has 0 saturated carbocycles. The van der Waals surface area contributed by atoms with Crippen molar-refractivity contribution in [3.63, 3.8) is 0 Å². The van der Waals surface area contributed by atoms with E-state index in [9.17, 15) is 24.2 Å². The highest BCUT2D eigenvalue weighted by Crippen LogP contribution is 2.41. The van der Waals surface area contributed by atoms with Gasteiger partial charge in [0.25, 0.3) is 5.56 Å². The molecule has 0 spiro atoms. The van der Waals surface area contributed by atoms with Gasteiger partial charge in [0.15, 0.2) is 17.2 Å². The molecule has 2 N–H and O–H groups in total. The van der Waals surface area contributed by atoms with E-state index < -0.39 is 23.1 Å². The Balaban J connectivity index is 1.85. The first kappa shape index (κ1) is 18.7. The van der Waals surface area contributed by atoms with Crippen LogP contribution in [0.3, 0.4) is 0 Å². The summed E-state index contributed by atoms with van der Waals surface area (Å²) in [5.41, 5.74) is 1.52. The maximum atomic E-state index is 14.1. The van der Waals surface area contributed by atoms with Crippen molar-refractivity contribution >= 4 is 16.9 Å². The molecule has 0 unspecified atom stereocenters. The molecular weight excluding hydrogens is 391 g/mol. The lowest BCUT2D eigenvalue weighted by atomic mass is 9.86. The van der Waals surface area contributed by atoms with E-state index in [1.54, 1.807) is 19.9 Å². The van der Waals surface area contributed by atoms with Crippen molar-refractivity contribution in [3.05, 3.63) is 56.1 Å². The van der Waals surface area contributed by atoms with Crippen LogP contribution in [-0.4, -0.2) is 25.7 Å². The summed E-state index contributed by atoms with van der Waals surface area (Å²) in [5.74, 6) is -1.97. The molecule has 2 aliphatic heterocycles. The molecule has 1 aromatic carbocycles. The van der Waals surface area contributed by atoms with Gasteiger partial charge in [-0.25, -0.2) is 14.2 Å². The molecule has 154 valence electrons. The monoisotopic (exact) mass is 410 g/mol. The summed E-state index contributed by atoms with van der Waals surface area (Å²) in [4.78, 5) is 30.0. The number of carbonyl (C=O) groups is 1. The lowest BCUT2D eigenvalue weighted by Gasteiger charge is -2.31. The van der Waals surface area contributed by atoms with Crippen LogP contribution < -0.4 is 5.56 Å². The molecule has 2 aliphatic rings. The van der Waals surface area contributed by atoms with Gasteiger partial charge in [0.05, 0.1) is 29.0 Å². The number of esters is 1. The molecule has 8 heteroatoms. The predicted molar refractivity (Wildman–Crippen MR) is 106 cm³/mol. The van der Waals surface area contributed by atoms with E-state index in [0.29, 0.717) is 27.9 Å². The number of hydrogen-bond acceptors (Lipinski definition) is 6. The van der Waals surface area contributed by atoms with Gasteiger partial charge in [-0.2, -0.15) is 0 Å². The number of hydrogen-bond donors (Lipinski definition) is 2. The second kappa shape index (κ2) is 5.89. The lowest BCUT2D eigenvalue weighted by Crippen LogP contribution is -2.44. The average Bonchev–Trinajstić information content (AvgIpc) is 3.09. The molecule has 7 nitrogen and oxygen atoms in total. The fourth-order valence-electron chi connectivity index (χ4n) is 4.64. The smallest absolute Gasteiger partial charge is 0.343 e. The summed E-state index contributed by atoms with van der Waals surface area (Å²) >= 11 is 0. The van der Waals surface area contributed by atoms with Gasteiger partial charge in [0, 0.05) is 28.1 Å². The Morgan fingerprint density at radius 3 is 2.67 bits per heavy atom. The third-order valence-electron chi connectivity index (χ3n) is 6.42. The zero-order valence-corrected chi connectivity index (χ0v) is 16.7. The van der Waals surface area contributed by atoms with E-state index in [1.165, 1.54) is 10.6 Å². The minimum Gasteiger partial charge on any atom is -0.505 e. The van der Waals surface area contributed by atoms with Gasteiger partial charge in [-0.3, -0.25) is 4.79 Å². The number of phenols is 1. The van der Waals surface area contributed by atoms with Gasteiger partial charge < -0.3 is 19.5 Å².